The molecule has 0 saturated heterocycles. The molecule has 0 radical (unpaired) electrons. The summed E-state index contributed by atoms with van der Waals surface area (Å²) in [6, 6.07) is 10.6. The van der Waals surface area contributed by atoms with Gasteiger partial charge >= 0.3 is 11.9 Å². The van der Waals surface area contributed by atoms with Crippen LogP contribution in [0.3, 0.4) is 0 Å². The fourth-order valence-electron chi connectivity index (χ4n) is 2.05. The first-order chi connectivity index (χ1) is 12.7. The van der Waals surface area contributed by atoms with Gasteiger partial charge in [0.05, 0.1) is 17.6 Å². The zero-order valence-electron chi connectivity index (χ0n) is 14.1. The van der Waals surface area contributed by atoms with E-state index in [1.54, 1.807) is 0 Å². The minimum absolute atomic E-state index is 0.0570. The molecule has 0 bridgehead atoms. The number of benzene rings is 2. The van der Waals surface area contributed by atoms with Crippen LogP contribution in [0.5, 0.6) is 0 Å². The number of methoxy groups -OCH3 is 1. The lowest BCUT2D eigenvalue weighted by molar-refractivity contribution is -0.135. The second-order valence-corrected chi connectivity index (χ2v) is 6.96. The van der Waals surface area contributed by atoms with Crippen molar-refractivity contribution >= 4 is 33.6 Å². The fraction of sp³-hybridized carbons (Fsp3) is 0.118. The second kappa shape index (κ2) is 8.32. The highest BCUT2D eigenvalue weighted by atomic mass is 32.2. The van der Waals surface area contributed by atoms with Crippen molar-refractivity contribution in [2.45, 2.75) is 4.90 Å². The molecule has 0 aromatic heterocycles. The maximum Gasteiger partial charge on any atom is 0.337 e. The van der Waals surface area contributed by atoms with Crippen LogP contribution in [0.2, 0.25) is 0 Å². The Morgan fingerprint density at radius 1 is 0.963 bits per heavy atom. The number of esters is 1. The summed E-state index contributed by atoms with van der Waals surface area (Å²) in [5, 5.41) is 10.7. The van der Waals surface area contributed by atoms with Crippen LogP contribution in [0.4, 0.5) is 5.69 Å². The molecule has 0 atom stereocenters. The molecular weight excluding hydrogens is 376 g/mol. The molecule has 0 aliphatic heterocycles. The maximum atomic E-state index is 12.4. The normalized spacial score (nSPS) is 10.7. The van der Waals surface area contributed by atoms with Gasteiger partial charge in [-0.2, -0.15) is 0 Å². The Labute approximate surface area is 155 Å². The van der Waals surface area contributed by atoms with Gasteiger partial charge in [0.2, 0.25) is 0 Å². The lowest BCUT2D eigenvalue weighted by atomic mass is 10.2. The predicted octanol–water partition coefficient (Wildman–Crippen LogP) is 1.09. The van der Waals surface area contributed by atoms with Crippen LogP contribution in [-0.4, -0.2) is 45.0 Å². The molecule has 9 nitrogen and oxygen atoms in total. The third kappa shape index (κ3) is 5.28. The fourth-order valence-corrected chi connectivity index (χ4v) is 3.11. The Balaban J connectivity index is 2.10. The number of hydrogen-bond acceptors (Lipinski definition) is 6. The quantitative estimate of drug-likeness (QED) is 0.599. The number of amides is 1. The Hall–Kier alpha value is -3.40. The van der Waals surface area contributed by atoms with Gasteiger partial charge in [-0.3, -0.25) is 14.3 Å². The van der Waals surface area contributed by atoms with E-state index in [1.165, 1.54) is 55.6 Å². The third-order valence-corrected chi connectivity index (χ3v) is 4.78. The van der Waals surface area contributed by atoms with Gasteiger partial charge in [-0.05, 0) is 48.5 Å². The number of ether oxygens (including phenoxy) is 1. The standard InChI is InChI=1S/C17H16N2O7S/c1-26-17(23)12-4-8-14(9-5-12)27(24,25)19-13-6-2-11(3-7-13)16(22)18-10-15(20)21/h2-9,19H,10H2,1H3,(H,18,22)(H,20,21). The average Bonchev–Trinajstić information content (AvgIpc) is 2.65. The third-order valence-electron chi connectivity index (χ3n) is 3.39. The number of hydrogen-bond donors (Lipinski definition) is 3. The molecule has 1 amide bonds. The van der Waals surface area contributed by atoms with Gasteiger partial charge in [0.25, 0.3) is 15.9 Å². The number of rotatable bonds is 7. The summed E-state index contributed by atoms with van der Waals surface area (Å²) in [7, 11) is -2.68. The highest BCUT2D eigenvalue weighted by molar-refractivity contribution is 7.92. The molecule has 142 valence electrons. The van der Waals surface area contributed by atoms with Crippen molar-refractivity contribution in [3.63, 3.8) is 0 Å². The largest absolute Gasteiger partial charge is 0.480 e. The van der Waals surface area contributed by atoms with Crippen LogP contribution in [0.15, 0.2) is 53.4 Å². The summed E-state index contributed by atoms with van der Waals surface area (Å²) in [6.45, 7) is -0.519. The predicted molar refractivity (Wildman–Crippen MR) is 95.0 cm³/mol. The van der Waals surface area contributed by atoms with Gasteiger partial charge in [0.1, 0.15) is 6.54 Å². The summed E-state index contributed by atoms with van der Waals surface area (Å²) in [5.41, 5.74) is 0.608. The smallest absolute Gasteiger partial charge is 0.337 e. The molecule has 0 aliphatic rings. The van der Waals surface area contributed by atoms with E-state index in [1.807, 2.05) is 0 Å². The number of carbonyl (C=O) groups excluding carboxylic acids is 2. The molecule has 0 unspecified atom stereocenters. The summed E-state index contributed by atoms with van der Waals surface area (Å²) in [4.78, 5) is 33.5. The Bertz CT molecular complexity index is 952. The molecular formula is C17H16N2O7S. The minimum atomic E-state index is -3.90. The highest BCUT2D eigenvalue weighted by Gasteiger charge is 2.16. The molecule has 10 heteroatoms. The van der Waals surface area contributed by atoms with Crippen molar-refractivity contribution in [1.82, 2.24) is 5.32 Å². The van der Waals surface area contributed by atoms with E-state index in [-0.39, 0.29) is 21.7 Å². The molecule has 0 heterocycles. The van der Waals surface area contributed by atoms with Crippen LogP contribution in [0.1, 0.15) is 20.7 Å². The van der Waals surface area contributed by atoms with Crippen molar-refractivity contribution in [2.24, 2.45) is 0 Å². The van der Waals surface area contributed by atoms with Gasteiger partial charge in [-0.1, -0.05) is 0 Å². The maximum absolute atomic E-state index is 12.4. The summed E-state index contributed by atoms with van der Waals surface area (Å²) in [5.74, 6) is -2.35. The lowest BCUT2D eigenvalue weighted by Gasteiger charge is -2.09. The lowest BCUT2D eigenvalue weighted by Crippen LogP contribution is -2.29. The first-order valence-electron chi connectivity index (χ1n) is 7.54. The molecule has 27 heavy (non-hydrogen) atoms. The Morgan fingerprint density at radius 3 is 2.04 bits per heavy atom. The van der Waals surface area contributed by atoms with Gasteiger partial charge in [-0.25, -0.2) is 13.2 Å². The number of carboxylic acid groups (broad SMARTS) is 1. The topological polar surface area (TPSA) is 139 Å². The van der Waals surface area contributed by atoms with Crippen LogP contribution in [0.25, 0.3) is 0 Å². The second-order valence-electron chi connectivity index (χ2n) is 5.28. The highest BCUT2D eigenvalue weighted by Crippen LogP contribution is 2.17. The number of carboxylic acids is 1. The van der Waals surface area contributed by atoms with Crippen LogP contribution >= 0.6 is 0 Å². The minimum Gasteiger partial charge on any atom is -0.480 e. The molecule has 2 aromatic carbocycles. The van der Waals surface area contributed by atoms with Crippen molar-refractivity contribution in [3.05, 3.63) is 59.7 Å². The first kappa shape index (κ1) is 19.9. The van der Waals surface area contributed by atoms with Crippen LogP contribution < -0.4 is 10.0 Å². The van der Waals surface area contributed by atoms with Crippen LogP contribution in [-0.2, 0) is 19.6 Å². The van der Waals surface area contributed by atoms with Crippen molar-refractivity contribution in [3.8, 4) is 0 Å². The first-order valence-corrected chi connectivity index (χ1v) is 9.02. The van der Waals surface area contributed by atoms with Gasteiger partial charge < -0.3 is 15.2 Å². The van der Waals surface area contributed by atoms with Gasteiger partial charge in [0, 0.05) is 11.3 Å². The number of nitrogens with one attached hydrogen (secondary N) is 2. The zero-order valence-corrected chi connectivity index (χ0v) is 14.9. The van der Waals surface area contributed by atoms with Crippen LogP contribution in [0, 0.1) is 0 Å². The number of anilines is 1. The van der Waals surface area contributed by atoms with Gasteiger partial charge in [-0.15, -0.1) is 0 Å². The van der Waals surface area contributed by atoms with E-state index in [9.17, 15) is 22.8 Å². The Kier molecular flexibility index (Phi) is 6.14. The number of carbonyl (C=O) groups is 3. The molecule has 2 aromatic rings. The van der Waals surface area contributed by atoms with E-state index in [0.717, 1.165) is 0 Å². The van der Waals surface area contributed by atoms with E-state index >= 15 is 0 Å². The summed E-state index contributed by atoms with van der Waals surface area (Å²) < 4.78 is 31.6. The van der Waals surface area contributed by atoms with E-state index in [4.69, 9.17) is 5.11 Å². The number of sulfonamides is 1. The van der Waals surface area contributed by atoms with E-state index in [2.05, 4.69) is 14.8 Å². The average molecular weight is 392 g/mol. The molecule has 3 N–H and O–H groups in total. The number of aliphatic carboxylic acids is 1. The van der Waals surface area contributed by atoms with Crippen molar-refractivity contribution < 1.29 is 32.6 Å². The molecule has 0 spiro atoms. The molecule has 0 saturated carbocycles. The monoisotopic (exact) mass is 392 g/mol. The summed E-state index contributed by atoms with van der Waals surface area (Å²) >= 11 is 0. The SMILES string of the molecule is COC(=O)c1ccc(S(=O)(=O)Nc2ccc(C(=O)NCC(=O)O)cc2)cc1. The van der Waals surface area contributed by atoms with Crippen molar-refractivity contribution in [2.75, 3.05) is 18.4 Å². The zero-order chi connectivity index (χ0) is 20.0. The van der Waals surface area contributed by atoms with Gasteiger partial charge in [0.15, 0.2) is 0 Å². The molecule has 0 fully saturated rings. The molecule has 2 rings (SSSR count). The summed E-state index contributed by atoms with van der Waals surface area (Å²) in [6.07, 6.45) is 0. The van der Waals surface area contributed by atoms with E-state index in [0.29, 0.717) is 0 Å². The Morgan fingerprint density at radius 2 is 1.52 bits per heavy atom. The van der Waals surface area contributed by atoms with E-state index < -0.39 is 34.4 Å². The van der Waals surface area contributed by atoms with Crippen molar-refractivity contribution in [1.29, 1.82) is 0 Å². The molecule has 0 aliphatic carbocycles.